The Morgan fingerprint density at radius 3 is 2.43 bits per heavy atom. The van der Waals surface area contributed by atoms with Crippen molar-refractivity contribution in [2.75, 3.05) is 12.4 Å². The zero-order valence-electron chi connectivity index (χ0n) is 12.3. The summed E-state index contributed by atoms with van der Waals surface area (Å²) in [4.78, 5) is 35.7. The van der Waals surface area contributed by atoms with Gasteiger partial charge in [-0.1, -0.05) is 23.7 Å². The summed E-state index contributed by atoms with van der Waals surface area (Å²) in [6.07, 6.45) is -0.507. The number of benzene rings is 2. The summed E-state index contributed by atoms with van der Waals surface area (Å²) < 4.78 is 5.02. The average molecular weight is 332 g/mol. The van der Waals surface area contributed by atoms with Crippen molar-refractivity contribution in [2.45, 2.75) is 6.42 Å². The highest BCUT2D eigenvalue weighted by Gasteiger charge is 2.19. The normalized spacial score (nSPS) is 10.0. The molecule has 0 saturated heterocycles. The minimum Gasteiger partial charge on any atom is -0.497 e. The van der Waals surface area contributed by atoms with Crippen molar-refractivity contribution in [1.29, 1.82) is 0 Å². The fourth-order valence-electron chi connectivity index (χ4n) is 1.86. The van der Waals surface area contributed by atoms with Crippen molar-refractivity contribution in [2.24, 2.45) is 0 Å². The molecule has 0 bridgehead atoms. The largest absolute Gasteiger partial charge is 0.497 e. The van der Waals surface area contributed by atoms with Gasteiger partial charge in [0.25, 0.3) is 5.91 Å². The molecule has 1 amide bonds. The summed E-state index contributed by atoms with van der Waals surface area (Å²) in [6.45, 7) is 0. The molecule has 0 atom stereocenters. The zero-order valence-corrected chi connectivity index (χ0v) is 13.1. The van der Waals surface area contributed by atoms with E-state index in [0.29, 0.717) is 22.0 Å². The molecule has 0 aliphatic heterocycles. The van der Waals surface area contributed by atoms with Crippen molar-refractivity contribution in [1.82, 2.24) is 0 Å². The summed E-state index contributed by atoms with van der Waals surface area (Å²) in [5.41, 5.74) is 0.749. The number of carbonyl (C=O) groups excluding carboxylic acids is 3. The van der Waals surface area contributed by atoms with Crippen molar-refractivity contribution in [3.63, 3.8) is 0 Å². The first-order chi connectivity index (χ1) is 11.0. The van der Waals surface area contributed by atoms with E-state index in [9.17, 15) is 14.4 Å². The first kappa shape index (κ1) is 16.7. The molecule has 0 aliphatic rings. The molecule has 0 radical (unpaired) electrons. The van der Waals surface area contributed by atoms with Crippen LogP contribution in [0.5, 0.6) is 5.75 Å². The lowest BCUT2D eigenvalue weighted by Gasteiger charge is -2.05. The van der Waals surface area contributed by atoms with Gasteiger partial charge in [0.05, 0.1) is 13.5 Å². The molecule has 23 heavy (non-hydrogen) atoms. The number of hydrogen-bond acceptors (Lipinski definition) is 4. The number of amides is 1. The van der Waals surface area contributed by atoms with Gasteiger partial charge in [0.15, 0.2) is 5.78 Å². The number of carbonyl (C=O) groups is 3. The van der Waals surface area contributed by atoms with Gasteiger partial charge in [-0.3, -0.25) is 14.4 Å². The van der Waals surface area contributed by atoms with Crippen LogP contribution in [0.4, 0.5) is 5.69 Å². The third-order valence-electron chi connectivity index (χ3n) is 3.07. The molecule has 0 spiro atoms. The fraction of sp³-hybridized carbons (Fsp3) is 0.118. The van der Waals surface area contributed by atoms with Crippen molar-refractivity contribution < 1.29 is 19.1 Å². The molecule has 0 unspecified atom stereocenters. The van der Waals surface area contributed by atoms with Crippen LogP contribution in [0.25, 0.3) is 0 Å². The second-order valence-corrected chi connectivity index (χ2v) is 5.15. The predicted octanol–water partition coefficient (Wildman–Crippen LogP) is 3.13. The number of ketones is 2. The second kappa shape index (κ2) is 7.56. The van der Waals surface area contributed by atoms with Gasteiger partial charge >= 0.3 is 0 Å². The van der Waals surface area contributed by atoms with Crippen molar-refractivity contribution >= 4 is 34.8 Å². The summed E-state index contributed by atoms with van der Waals surface area (Å²) in [6, 6.07) is 12.7. The molecule has 0 heterocycles. The fourth-order valence-corrected chi connectivity index (χ4v) is 1.98. The zero-order chi connectivity index (χ0) is 16.8. The van der Waals surface area contributed by atoms with E-state index in [1.807, 2.05) is 0 Å². The molecule has 0 saturated carbocycles. The number of Topliss-reactive ketones (excluding diaryl/α,β-unsaturated/α-hetero) is 2. The molecule has 0 aromatic heterocycles. The van der Waals surface area contributed by atoms with E-state index < -0.39 is 23.9 Å². The Bertz CT molecular complexity index is 741. The van der Waals surface area contributed by atoms with Crippen LogP contribution in [-0.4, -0.2) is 24.6 Å². The Balaban J connectivity index is 1.98. The van der Waals surface area contributed by atoms with Crippen LogP contribution in [0, 0.1) is 0 Å². The van der Waals surface area contributed by atoms with E-state index in [4.69, 9.17) is 16.3 Å². The molecule has 0 fully saturated rings. The molecule has 118 valence electrons. The van der Waals surface area contributed by atoms with Gasteiger partial charge in [-0.25, -0.2) is 0 Å². The first-order valence-electron chi connectivity index (χ1n) is 6.76. The summed E-state index contributed by atoms with van der Waals surface area (Å²) in [5.74, 6) is -1.59. The maximum atomic E-state index is 12.1. The highest BCUT2D eigenvalue weighted by Crippen LogP contribution is 2.15. The number of rotatable bonds is 6. The molecular formula is C17H14ClNO4. The lowest BCUT2D eigenvalue weighted by atomic mass is 10.1. The monoisotopic (exact) mass is 331 g/mol. The van der Waals surface area contributed by atoms with E-state index >= 15 is 0 Å². The van der Waals surface area contributed by atoms with Crippen LogP contribution in [0.1, 0.15) is 16.8 Å². The lowest BCUT2D eigenvalue weighted by molar-refractivity contribution is -0.134. The van der Waals surface area contributed by atoms with Crippen LogP contribution in [0.3, 0.4) is 0 Å². The van der Waals surface area contributed by atoms with E-state index in [-0.39, 0.29) is 0 Å². The molecule has 5 nitrogen and oxygen atoms in total. The number of hydrogen-bond donors (Lipinski definition) is 1. The molecule has 2 aromatic rings. The molecule has 6 heteroatoms. The van der Waals surface area contributed by atoms with Crippen LogP contribution in [0.2, 0.25) is 5.02 Å². The van der Waals surface area contributed by atoms with Crippen LogP contribution >= 0.6 is 11.6 Å². The number of nitrogens with one attached hydrogen (secondary N) is 1. The smallest absolute Gasteiger partial charge is 0.292 e. The minimum atomic E-state index is -0.844. The minimum absolute atomic E-state index is 0.317. The Labute approximate surface area is 138 Å². The van der Waals surface area contributed by atoms with Crippen LogP contribution in [0.15, 0.2) is 48.5 Å². The van der Waals surface area contributed by atoms with E-state index in [2.05, 4.69) is 5.32 Å². The third kappa shape index (κ3) is 4.66. The molecule has 2 aromatic carbocycles. The predicted molar refractivity (Wildman–Crippen MR) is 87.0 cm³/mol. The SMILES string of the molecule is COc1cccc(C(=O)CC(=O)C(=O)Nc2ccc(Cl)cc2)c1. The topological polar surface area (TPSA) is 72.5 Å². The number of ether oxygens (including phenoxy) is 1. The van der Waals surface area contributed by atoms with Gasteiger partial charge in [-0.15, -0.1) is 0 Å². The van der Waals surface area contributed by atoms with Gasteiger partial charge < -0.3 is 10.1 Å². The summed E-state index contributed by atoms with van der Waals surface area (Å²) >= 11 is 5.74. The Hall–Kier alpha value is -2.66. The molecule has 0 aliphatic carbocycles. The van der Waals surface area contributed by atoms with Gasteiger partial charge in [0.2, 0.25) is 5.78 Å². The van der Waals surface area contributed by atoms with E-state index in [1.165, 1.54) is 13.2 Å². The third-order valence-corrected chi connectivity index (χ3v) is 3.32. The molecule has 2 rings (SSSR count). The maximum absolute atomic E-state index is 12.1. The Morgan fingerprint density at radius 2 is 1.78 bits per heavy atom. The lowest BCUT2D eigenvalue weighted by Crippen LogP contribution is -2.25. The van der Waals surface area contributed by atoms with E-state index in [0.717, 1.165) is 0 Å². The second-order valence-electron chi connectivity index (χ2n) is 4.72. The molecule has 1 N–H and O–H groups in total. The summed E-state index contributed by atoms with van der Waals surface area (Å²) in [5, 5.41) is 2.94. The number of halogens is 1. The van der Waals surface area contributed by atoms with E-state index in [1.54, 1.807) is 42.5 Å². The standard InChI is InChI=1S/C17H14ClNO4/c1-23-14-4-2-3-11(9-14)15(20)10-16(21)17(22)19-13-7-5-12(18)6-8-13/h2-9H,10H2,1H3,(H,19,22). The van der Waals surface area contributed by atoms with Crippen molar-refractivity contribution in [3.8, 4) is 5.75 Å². The van der Waals surface area contributed by atoms with Crippen LogP contribution in [-0.2, 0) is 9.59 Å². The number of anilines is 1. The molecular weight excluding hydrogens is 318 g/mol. The Kier molecular flexibility index (Phi) is 5.49. The number of methoxy groups -OCH3 is 1. The van der Waals surface area contributed by atoms with Crippen molar-refractivity contribution in [3.05, 3.63) is 59.1 Å². The Morgan fingerprint density at radius 1 is 1.09 bits per heavy atom. The van der Waals surface area contributed by atoms with Gasteiger partial charge in [-0.2, -0.15) is 0 Å². The van der Waals surface area contributed by atoms with Gasteiger partial charge in [0.1, 0.15) is 5.75 Å². The van der Waals surface area contributed by atoms with Gasteiger partial charge in [0, 0.05) is 16.3 Å². The maximum Gasteiger partial charge on any atom is 0.292 e. The first-order valence-corrected chi connectivity index (χ1v) is 7.14. The highest BCUT2D eigenvalue weighted by molar-refractivity contribution is 6.44. The highest BCUT2D eigenvalue weighted by atomic mass is 35.5. The van der Waals surface area contributed by atoms with Crippen LogP contribution < -0.4 is 10.1 Å². The quantitative estimate of drug-likeness (QED) is 0.501. The average Bonchev–Trinajstić information content (AvgIpc) is 2.56. The van der Waals surface area contributed by atoms with Gasteiger partial charge in [-0.05, 0) is 36.4 Å². The summed E-state index contributed by atoms with van der Waals surface area (Å²) in [7, 11) is 1.48.